The summed E-state index contributed by atoms with van der Waals surface area (Å²) in [5.41, 5.74) is 3.46. The Morgan fingerprint density at radius 3 is 2.12 bits per heavy atom. The van der Waals surface area contributed by atoms with Gasteiger partial charge in [0.05, 0.1) is 18.0 Å². The lowest BCUT2D eigenvalue weighted by Crippen LogP contribution is -2.33. The van der Waals surface area contributed by atoms with Crippen molar-refractivity contribution in [3.8, 4) is 5.75 Å². The molecule has 0 saturated heterocycles. The van der Waals surface area contributed by atoms with Crippen LogP contribution >= 0.6 is 0 Å². The lowest BCUT2D eigenvalue weighted by molar-refractivity contribution is -0.117. The number of aryl methyl sites for hydroxylation is 2. The Morgan fingerprint density at radius 2 is 1.56 bits per heavy atom. The zero-order chi connectivity index (χ0) is 23.3. The van der Waals surface area contributed by atoms with Crippen molar-refractivity contribution < 1.29 is 17.9 Å². The van der Waals surface area contributed by atoms with Gasteiger partial charge >= 0.3 is 0 Å². The molecule has 0 aliphatic heterocycles. The first-order chi connectivity index (χ1) is 15.2. The van der Waals surface area contributed by atoms with Gasteiger partial charge in [-0.2, -0.15) is 4.31 Å². The molecular weight excluding hydrogens is 424 g/mol. The second kappa shape index (κ2) is 9.97. The molecule has 0 saturated carbocycles. The molecule has 7 heteroatoms. The van der Waals surface area contributed by atoms with Gasteiger partial charge in [0, 0.05) is 19.2 Å². The third kappa shape index (κ3) is 5.55. The highest BCUT2D eigenvalue weighted by atomic mass is 32.2. The summed E-state index contributed by atoms with van der Waals surface area (Å²) in [7, 11) is -0.745. The number of hydrogen-bond donors (Lipinski definition) is 1. The van der Waals surface area contributed by atoms with Gasteiger partial charge < -0.3 is 10.1 Å². The number of ether oxygens (including phenoxy) is 1. The van der Waals surface area contributed by atoms with Gasteiger partial charge in [0.25, 0.3) is 0 Å². The number of anilines is 1. The molecule has 1 N–H and O–H groups in total. The Kier molecular flexibility index (Phi) is 7.33. The Morgan fingerprint density at radius 1 is 0.969 bits per heavy atom. The quantitative estimate of drug-likeness (QED) is 0.537. The van der Waals surface area contributed by atoms with Crippen LogP contribution in [0.25, 0.3) is 0 Å². The molecule has 0 aliphatic carbocycles. The molecule has 0 radical (unpaired) electrons. The standard InChI is InChI=1S/C25H28N2O4S/c1-18-14-19(2)16-21(15-18)26-25(28)17-24(20-10-12-22(31-4)13-11-20)27(3)32(29,30)23-8-6-5-7-9-23/h5-16,24H,17H2,1-4H3,(H,26,28)/t24-/m1/s1. The minimum absolute atomic E-state index is 0.0398. The van der Waals surface area contributed by atoms with Gasteiger partial charge in [-0.3, -0.25) is 4.79 Å². The predicted molar refractivity (Wildman–Crippen MR) is 126 cm³/mol. The number of sulfonamides is 1. The highest BCUT2D eigenvalue weighted by molar-refractivity contribution is 7.89. The third-order valence-electron chi connectivity index (χ3n) is 5.24. The first-order valence-corrected chi connectivity index (χ1v) is 11.7. The lowest BCUT2D eigenvalue weighted by Gasteiger charge is -2.28. The van der Waals surface area contributed by atoms with Crippen LogP contribution in [0.3, 0.4) is 0 Å². The average molecular weight is 453 g/mol. The Bertz CT molecular complexity index is 1160. The summed E-state index contributed by atoms with van der Waals surface area (Å²) < 4.78 is 33.0. The van der Waals surface area contributed by atoms with Crippen molar-refractivity contribution in [3.63, 3.8) is 0 Å². The Labute approximate surface area is 189 Å². The lowest BCUT2D eigenvalue weighted by atomic mass is 10.0. The molecule has 3 aromatic carbocycles. The number of amides is 1. The second-order valence-corrected chi connectivity index (χ2v) is 9.75. The van der Waals surface area contributed by atoms with Crippen molar-refractivity contribution in [2.75, 3.05) is 19.5 Å². The monoisotopic (exact) mass is 452 g/mol. The van der Waals surface area contributed by atoms with Crippen LogP contribution in [0.5, 0.6) is 5.75 Å². The van der Waals surface area contributed by atoms with E-state index in [0.717, 1.165) is 11.1 Å². The first kappa shape index (κ1) is 23.5. The van der Waals surface area contributed by atoms with Crippen LogP contribution in [0.2, 0.25) is 0 Å². The fraction of sp³-hybridized carbons (Fsp3) is 0.240. The van der Waals surface area contributed by atoms with E-state index in [1.807, 2.05) is 32.0 Å². The van der Waals surface area contributed by atoms with Crippen molar-refractivity contribution in [2.45, 2.75) is 31.2 Å². The van der Waals surface area contributed by atoms with Crippen LogP contribution in [0, 0.1) is 13.8 Å². The zero-order valence-corrected chi connectivity index (χ0v) is 19.5. The molecule has 0 bridgehead atoms. The van der Waals surface area contributed by atoms with E-state index in [9.17, 15) is 13.2 Å². The number of nitrogens with zero attached hydrogens (tertiary/aromatic N) is 1. The van der Waals surface area contributed by atoms with Crippen molar-refractivity contribution in [3.05, 3.63) is 89.5 Å². The number of methoxy groups -OCH3 is 1. The second-order valence-electron chi connectivity index (χ2n) is 7.75. The van der Waals surface area contributed by atoms with Gasteiger partial charge in [0.1, 0.15) is 5.75 Å². The number of carbonyl (C=O) groups excluding carboxylic acids is 1. The summed E-state index contributed by atoms with van der Waals surface area (Å²) >= 11 is 0. The third-order valence-corrected chi connectivity index (χ3v) is 7.12. The summed E-state index contributed by atoms with van der Waals surface area (Å²) in [6, 6.07) is 20.4. The largest absolute Gasteiger partial charge is 0.497 e. The summed E-state index contributed by atoms with van der Waals surface area (Å²) in [5.74, 6) is 0.381. The Balaban J connectivity index is 1.92. The van der Waals surface area contributed by atoms with Gasteiger partial charge in [-0.1, -0.05) is 36.4 Å². The smallest absolute Gasteiger partial charge is 0.243 e. The molecule has 3 rings (SSSR count). The maximum Gasteiger partial charge on any atom is 0.243 e. The number of hydrogen-bond acceptors (Lipinski definition) is 4. The van der Waals surface area contributed by atoms with Gasteiger partial charge in [-0.25, -0.2) is 8.42 Å². The van der Waals surface area contributed by atoms with Crippen molar-refractivity contribution in [1.29, 1.82) is 0 Å². The number of carbonyl (C=O) groups is 1. The van der Waals surface area contributed by atoms with E-state index in [4.69, 9.17) is 4.74 Å². The Hall–Kier alpha value is -3.16. The SMILES string of the molecule is COc1ccc([C@@H](CC(=O)Nc2cc(C)cc(C)c2)N(C)S(=O)(=O)c2ccccc2)cc1. The van der Waals surface area contributed by atoms with Crippen molar-refractivity contribution in [2.24, 2.45) is 0 Å². The van der Waals surface area contributed by atoms with Crippen LogP contribution in [-0.4, -0.2) is 32.8 Å². The highest BCUT2D eigenvalue weighted by Crippen LogP contribution is 2.30. The fourth-order valence-corrected chi connectivity index (χ4v) is 5.01. The molecule has 1 amide bonds. The van der Waals surface area contributed by atoms with E-state index in [2.05, 4.69) is 5.32 Å². The molecular formula is C25H28N2O4S. The highest BCUT2D eigenvalue weighted by Gasteiger charge is 2.31. The van der Waals surface area contributed by atoms with E-state index in [1.54, 1.807) is 61.7 Å². The molecule has 0 heterocycles. The molecule has 0 aromatic heterocycles. The van der Waals surface area contributed by atoms with Crippen molar-refractivity contribution >= 4 is 21.6 Å². The molecule has 0 fully saturated rings. The van der Waals surface area contributed by atoms with E-state index in [0.29, 0.717) is 17.0 Å². The minimum Gasteiger partial charge on any atom is -0.497 e. The average Bonchev–Trinajstić information content (AvgIpc) is 2.77. The summed E-state index contributed by atoms with van der Waals surface area (Å²) in [6.07, 6.45) is -0.0398. The van der Waals surface area contributed by atoms with Crippen molar-refractivity contribution in [1.82, 2.24) is 4.31 Å². The molecule has 6 nitrogen and oxygen atoms in total. The van der Waals surface area contributed by atoms with Crippen LogP contribution in [0.1, 0.15) is 29.2 Å². The van der Waals surface area contributed by atoms with E-state index >= 15 is 0 Å². The number of benzene rings is 3. The summed E-state index contributed by atoms with van der Waals surface area (Å²) in [6.45, 7) is 3.92. The molecule has 0 unspecified atom stereocenters. The normalized spacial score (nSPS) is 12.4. The summed E-state index contributed by atoms with van der Waals surface area (Å²) in [4.78, 5) is 13.1. The van der Waals surface area contributed by atoms with E-state index in [1.165, 1.54) is 11.4 Å². The molecule has 0 aliphatic rings. The van der Waals surface area contributed by atoms with E-state index in [-0.39, 0.29) is 17.2 Å². The van der Waals surface area contributed by atoms with Crippen LogP contribution < -0.4 is 10.1 Å². The fourth-order valence-electron chi connectivity index (χ4n) is 3.64. The number of rotatable bonds is 8. The molecule has 1 atom stereocenters. The van der Waals surface area contributed by atoms with Crippen LogP contribution in [0.15, 0.2) is 77.7 Å². The van der Waals surface area contributed by atoms with Gasteiger partial charge in [0.2, 0.25) is 15.9 Å². The van der Waals surface area contributed by atoms with E-state index < -0.39 is 16.1 Å². The first-order valence-electron chi connectivity index (χ1n) is 10.3. The van der Waals surface area contributed by atoms with Crippen LogP contribution in [0.4, 0.5) is 5.69 Å². The summed E-state index contributed by atoms with van der Waals surface area (Å²) in [5, 5.41) is 2.91. The maximum absolute atomic E-state index is 13.3. The zero-order valence-electron chi connectivity index (χ0n) is 18.7. The molecule has 168 valence electrons. The molecule has 3 aromatic rings. The number of nitrogens with one attached hydrogen (secondary N) is 1. The van der Waals surface area contributed by atoms with Gasteiger partial charge in [0.15, 0.2) is 0 Å². The maximum atomic E-state index is 13.3. The predicted octanol–water partition coefficient (Wildman–Crippen LogP) is 4.70. The molecule has 0 spiro atoms. The van der Waals surface area contributed by atoms with Gasteiger partial charge in [-0.15, -0.1) is 0 Å². The van der Waals surface area contributed by atoms with Crippen LogP contribution in [-0.2, 0) is 14.8 Å². The minimum atomic E-state index is -3.81. The van der Waals surface area contributed by atoms with Gasteiger partial charge in [-0.05, 0) is 66.9 Å². The molecule has 32 heavy (non-hydrogen) atoms. The topological polar surface area (TPSA) is 75.7 Å².